The monoisotopic (exact) mass is 567 g/mol. The molecule has 1 aliphatic heterocycles. The summed E-state index contributed by atoms with van der Waals surface area (Å²) in [6, 6.07) is 3.70. The molecule has 4 aromatic rings. The number of anilines is 1. The van der Waals surface area contributed by atoms with Crippen molar-refractivity contribution in [1.29, 1.82) is 0 Å². The van der Waals surface area contributed by atoms with Gasteiger partial charge in [0.05, 0.1) is 29.8 Å². The summed E-state index contributed by atoms with van der Waals surface area (Å²) in [6.07, 6.45) is 1.42. The van der Waals surface area contributed by atoms with Crippen LogP contribution in [0.15, 0.2) is 28.0 Å². The Bertz CT molecular complexity index is 1590. The second-order valence-electron chi connectivity index (χ2n) is 8.82. The molecule has 37 heavy (non-hydrogen) atoms. The third kappa shape index (κ3) is 5.16. The highest BCUT2D eigenvalue weighted by Gasteiger charge is 2.24. The number of thiazole rings is 1. The van der Waals surface area contributed by atoms with Crippen LogP contribution in [0.4, 0.5) is 5.13 Å². The number of rotatable bonds is 6. The number of imidazole rings is 1. The van der Waals surface area contributed by atoms with Crippen molar-refractivity contribution in [3.63, 3.8) is 0 Å². The lowest BCUT2D eigenvalue weighted by molar-refractivity contribution is -0.119. The fourth-order valence-electron chi connectivity index (χ4n) is 4.40. The normalized spacial score (nSPS) is 14.3. The van der Waals surface area contributed by atoms with E-state index in [4.69, 9.17) is 21.3 Å². The van der Waals surface area contributed by atoms with E-state index >= 15 is 0 Å². The summed E-state index contributed by atoms with van der Waals surface area (Å²) < 4.78 is 10.2. The topological polar surface area (TPSA) is 107 Å². The Morgan fingerprint density at radius 2 is 1.92 bits per heavy atom. The van der Waals surface area contributed by atoms with E-state index in [9.17, 15) is 14.4 Å². The number of carbonyl (C=O) groups excluding carboxylic acids is 1. The van der Waals surface area contributed by atoms with Gasteiger partial charge in [-0.1, -0.05) is 22.9 Å². The van der Waals surface area contributed by atoms with Gasteiger partial charge in [0.15, 0.2) is 16.3 Å². The number of benzene rings is 1. The molecule has 1 fully saturated rings. The number of ether oxygens (including phenoxy) is 1. The van der Waals surface area contributed by atoms with Crippen molar-refractivity contribution < 1.29 is 9.53 Å². The molecule has 0 atom stereocenters. The molecular weight excluding hydrogens is 541 g/mol. The van der Waals surface area contributed by atoms with Crippen LogP contribution in [0, 0.1) is 6.92 Å². The van der Waals surface area contributed by atoms with Crippen LogP contribution >= 0.6 is 35.3 Å². The number of fused-ring (bicyclic) bond motifs is 2. The summed E-state index contributed by atoms with van der Waals surface area (Å²) in [7, 11) is 2.96. The first-order valence-electron chi connectivity index (χ1n) is 11.5. The largest absolute Gasteiger partial charge is 0.379 e. The van der Waals surface area contributed by atoms with Gasteiger partial charge in [0.1, 0.15) is 6.54 Å². The number of carbonyl (C=O) groups is 1. The van der Waals surface area contributed by atoms with Crippen molar-refractivity contribution >= 4 is 67.8 Å². The second-order valence-corrected chi connectivity index (χ2v) is 10.3. The van der Waals surface area contributed by atoms with Crippen molar-refractivity contribution in [2.75, 3.05) is 44.3 Å². The van der Waals surface area contributed by atoms with Crippen LogP contribution in [0.25, 0.3) is 21.4 Å². The number of halogens is 2. The molecule has 0 radical (unpaired) electrons. The number of hydrogen-bond acceptors (Lipinski definition) is 8. The van der Waals surface area contributed by atoms with Crippen molar-refractivity contribution in [3.8, 4) is 0 Å². The molecule has 3 aromatic heterocycles. The Kier molecular flexibility index (Phi) is 8.05. The highest BCUT2D eigenvalue weighted by Crippen LogP contribution is 2.33. The molecule has 1 amide bonds. The Morgan fingerprint density at radius 3 is 2.65 bits per heavy atom. The van der Waals surface area contributed by atoms with Gasteiger partial charge in [0, 0.05) is 45.3 Å². The zero-order chi connectivity index (χ0) is 25.6. The summed E-state index contributed by atoms with van der Waals surface area (Å²) in [5, 5.41) is 1.19. The molecule has 0 bridgehead atoms. The van der Waals surface area contributed by atoms with Gasteiger partial charge in [-0.15, -0.1) is 12.4 Å². The molecule has 14 heteroatoms. The fourth-order valence-corrected chi connectivity index (χ4v) is 5.86. The van der Waals surface area contributed by atoms with Crippen LogP contribution < -0.4 is 16.1 Å². The van der Waals surface area contributed by atoms with E-state index in [1.54, 1.807) is 11.9 Å². The van der Waals surface area contributed by atoms with Crippen molar-refractivity contribution in [2.24, 2.45) is 14.1 Å². The SMILES string of the molecule is Cc1cc(Cl)cc2sc(N(CCN3CCOCC3)C(=O)Cn3cnc4c3c(=O)n(C)c(=O)n4C)nc12.Cl. The van der Waals surface area contributed by atoms with Crippen LogP contribution in [-0.2, 0) is 30.2 Å². The maximum Gasteiger partial charge on any atom is 0.332 e. The first-order chi connectivity index (χ1) is 17.2. The van der Waals surface area contributed by atoms with E-state index in [-0.39, 0.29) is 36.0 Å². The maximum absolute atomic E-state index is 13.7. The lowest BCUT2D eigenvalue weighted by Gasteiger charge is -2.29. The standard InChI is InChI=1S/C23H26ClN7O4S.ClH/c1-14-10-15(24)11-16-18(14)26-22(36-16)31(5-4-29-6-8-35-9-7-29)17(32)12-30-13-25-20-19(30)21(33)28(3)23(34)27(20)2;/h10-11,13H,4-9,12H2,1-3H3;1H. The number of amides is 1. The van der Waals surface area contributed by atoms with Gasteiger partial charge in [-0.25, -0.2) is 14.8 Å². The van der Waals surface area contributed by atoms with Crippen LogP contribution in [0.5, 0.6) is 0 Å². The van der Waals surface area contributed by atoms with E-state index in [1.165, 1.54) is 33.8 Å². The number of aromatic nitrogens is 5. The zero-order valence-electron chi connectivity index (χ0n) is 20.6. The third-order valence-electron chi connectivity index (χ3n) is 6.44. The Balaban J connectivity index is 0.00000320. The molecule has 11 nitrogen and oxygen atoms in total. The predicted octanol–water partition coefficient (Wildman–Crippen LogP) is 1.79. The average molecular weight is 568 g/mol. The third-order valence-corrected chi connectivity index (χ3v) is 7.68. The molecule has 0 N–H and O–H groups in total. The molecule has 0 spiro atoms. The first-order valence-corrected chi connectivity index (χ1v) is 12.7. The van der Waals surface area contributed by atoms with E-state index < -0.39 is 11.2 Å². The highest BCUT2D eigenvalue weighted by molar-refractivity contribution is 7.22. The average Bonchev–Trinajstić information content (AvgIpc) is 3.47. The summed E-state index contributed by atoms with van der Waals surface area (Å²) in [5.74, 6) is -0.235. The quantitative estimate of drug-likeness (QED) is 0.349. The molecule has 1 saturated heterocycles. The van der Waals surface area contributed by atoms with Crippen molar-refractivity contribution in [1.82, 2.24) is 28.6 Å². The van der Waals surface area contributed by atoms with Gasteiger partial charge in [-0.3, -0.25) is 28.5 Å². The smallest absolute Gasteiger partial charge is 0.332 e. The van der Waals surface area contributed by atoms with Gasteiger partial charge in [0.25, 0.3) is 5.56 Å². The summed E-state index contributed by atoms with van der Waals surface area (Å²) in [5.41, 5.74) is 1.21. The van der Waals surface area contributed by atoms with Gasteiger partial charge >= 0.3 is 5.69 Å². The van der Waals surface area contributed by atoms with Gasteiger partial charge in [-0.2, -0.15) is 0 Å². The van der Waals surface area contributed by atoms with E-state index in [0.29, 0.717) is 36.5 Å². The first kappa shape index (κ1) is 27.3. The highest BCUT2D eigenvalue weighted by atomic mass is 35.5. The van der Waals surface area contributed by atoms with Gasteiger partial charge in [-0.05, 0) is 24.6 Å². The molecule has 4 heterocycles. The minimum atomic E-state index is -0.497. The predicted molar refractivity (Wildman–Crippen MR) is 146 cm³/mol. The van der Waals surface area contributed by atoms with Crippen LogP contribution in [0.1, 0.15) is 5.56 Å². The zero-order valence-corrected chi connectivity index (χ0v) is 23.0. The number of aryl methyl sites for hydroxylation is 2. The summed E-state index contributed by atoms with van der Waals surface area (Å²) >= 11 is 7.66. The van der Waals surface area contributed by atoms with Crippen molar-refractivity contribution in [3.05, 3.63) is 49.9 Å². The van der Waals surface area contributed by atoms with Crippen LogP contribution in [-0.4, -0.2) is 73.9 Å². The second kappa shape index (κ2) is 10.9. The maximum atomic E-state index is 13.7. The van der Waals surface area contributed by atoms with Gasteiger partial charge < -0.3 is 9.30 Å². The molecule has 198 valence electrons. The van der Waals surface area contributed by atoms with E-state index in [2.05, 4.69) is 9.88 Å². The molecular formula is C23H27Cl2N7O4S. The summed E-state index contributed by atoms with van der Waals surface area (Å²) in [4.78, 5) is 51.7. The Labute approximate surface area is 227 Å². The van der Waals surface area contributed by atoms with Crippen LogP contribution in [0.2, 0.25) is 5.02 Å². The number of nitrogens with zero attached hydrogens (tertiary/aromatic N) is 7. The minimum absolute atomic E-state index is 0. The molecule has 0 unspecified atom stereocenters. The van der Waals surface area contributed by atoms with Crippen molar-refractivity contribution in [2.45, 2.75) is 13.5 Å². The minimum Gasteiger partial charge on any atom is -0.379 e. The Morgan fingerprint density at radius 1 is 1.19 bits per heavy atom. The van der Waals surface area contributed by atoms with Gasteiger partial charge in [0.2, 0.25) is 5.91 Å². The molecule has 5 rings (SSSR count). The van der Waals surface area contributed by atoms with E-state index in [1.807, 2.05) is 19.1 Å². The molecule has 1 aliphatic rings. The van der Waals surface area contributed by atoms with E-state index in [0.717, 1.165) is 33.4 Å². The summed E-state index contributed by atoms with van der Waals surface area (Å²) in [6.45, 7) is 5.82. The number of morpholine rings is 1. The lowest BCUT2D eigenvalue weighted by Crippen LogP contribution is -2.44. The fraction of sp³-hybridized carbons (Fsp3) is 0.435. The molecule has 1 aromatic carbocycles. The lowest BCUT2D eigenvalue weighted by atomic mass is 10.2. The Hall–Kier alpha value is -2.77. The number of hydrogen-bond donors (Lipinski definition) is 0. The molecule has 0 saturated carbocycles. The van der Waals surface area contributed by atoms with Crippen LogP contribution in [0.3, 0.4) is 0 Å². The molecule has 0 aliphatic carbocycles.